The number of benzene rings is 2. The largest absolute Gasteiger partial charge is 0.424 e. The van der Waals surface area contributed by atoms with Gasteiger partial charge in [-0.05, 0) is 31.5 Å². The summed E-state index contributed by atoms with van der Waals surface area (Å²) in [4.78, 5) is 8.52. The molecule has 0 aliphatic carbocycles. The first kappa shape index (κ1) is 13.3. The van der Waals surface area contributed by atoms with Gasteiger partial charge in [-0.25, -0.2) is 9.97 Å². The van der Waals surface area contributed by atoms with Gasteiger partial charge in [-0.1, -0.05) is 47.5 Å². The quantitative estimate of drug-likeness (QED) is 0.703. The minimum atomic E-state index is 0.356. The average molecular weight is 276 g/mol. The van der Waals surface area contributed by atoms with Gasteiger partial charge in [0.1, 0.15) is 5.75 Å². The zero-order valence-electron chi connectivity index (χ0n) is 12.1. The van der Waals surface area contributed by atoms with Crippen molar-refractivity contribution in [2.75, 3.05) is 0 Å². The van der Waals surface area contributed by atoms with Gasteiger partial charge in [-0.3, -0.25) is 0 Å². The third-order valence-electron chi connectivity index (χ3n) is 3.24. The standard InChI is InChI=1S/C18H16N2O/c1-13-3-7-15(8-4-13)16-11-19-18(20-12-16)21-17-9-5-14(2)6-10-17/h3-12H,1-2H3. The van der Waals surface area contributed by atoms with E-state index in [-0.39, 0.29) is 0 Å². The summed E-state index contributed by atoms with van der Waals surface area (Å²) < 4.78 is 5.62. The van der Waals surface area contributed by atoms with Gasteiger partial charge >= 0.3 is 6.01 Å². The van der Waals surface area contributed by atoms with Crippen molar-refractivity contribution in [3.05, 3.63) is 72.1 Å². The maximum absolute atomic E-state index is 5.62. The molecule has 3 rings (SSSR count). The Morgan fingerprint density at radius 3 is 1.76 bits per heavy atom. The van der Waals surface area contributed by atoms with Gasteiger partial charge in [-0.15, -0.1) is 0 Å². The van der Waals surface area contributed by atoms with Crippen LogP contribution in [-0.4, -0.2) is 9.97 Å². The van der Waals surface area contributed by atoms with Crippen LogP contribution < -0.4 is 4.74 Å². The Hall–Kier alpha value is -2.68. The summed E-state index contributed by atoms with van der Waals surface area (Å²) in [6.07, 6.45) is 3.56. The molecule has 1 aromatic heterocycles. The summed E-state index contributed by atoms with van der Waals surface area (Å²) in [5.41, 5.74) is 4.51. The maximum atomic E-state index is 5.62. The molecule has 104 valence electrons. The first-order chi connectivity index (χ1) is 10.2. The molecule has 0 bridgehead atoms. The van der Waals surface area contributed by atoms with Crippen LogP contribution in [-0.2, 0) is 0 Å². The monoisotopic (exact) mass is 276 g/mol. The fourth-order valence-corrected chi connectivity index (χ4v) is 1.98. The Kier molecular flexibility index (Phi) is 3.65. The summed E-state index contributed by atoms with van der Waals surface area (Å²) in [5, 5.41) is 0. The van der Waals surface area contributed by atoms with Crippen molar-refractivity contribution in [2.24, 2.45) is 0 Å². The molecule has 0 radical (unpaired) electrons. The highest BCUT2D eigenvalue weighted by molar-refractivity contribution is 5.61. The molecule has 3 nitrogen and oxygen atoms in total. The van der Waals surface area contributed by atoms with Crippen LogP contribution in [0, 0.1) is 13.8 Å². The predicted octanol–water partition coefficient (Wildman–Crippen LogP) is 4.55. The van der Waals surface area contributed by atoms with Crippen molar-refractivity contribution in [3.8, 4) is 22.9 Å². The normalized spacial score (nSPS) is 10.4. The lowest BCUT2D eigenvalue weighted by Gasteiger charge is -2.05. The smallest absolute Gasteiger partial charge is 0.321 e. The number of hydrogen-bond donors (Lipinski definition) is 0. The summed E-state index contributed by atoms with van der Waals surface area (Å²) in [6, 6.07) is 16.4. The highest BCUT2D eigenvalue weighted by atomic mass is 16.5. The van der Waals surface area contributed by atoms with E-state index in [9.17, 15) is 0 Å². The second-order valence-corrected chi connectivity index (χ2v) is 5.04. The fraction of sp³-hybridized carbons (Fsp3) is 0.111. The van der Waals surface area contributed by atoms with Crippen LogP contribution >= 0.6 is 0 Å². The lowest BCUT2D eigenvalue weighted by molar-refractivity contribution is 0.442. The van der Waals surface area contributed by atoms with Gasteiger partial charge < -0.3 is 4.74 Å². The minimum absolute atomic E-state index is 0.356. The number of hydrogen-bond acceptors (Lipinski definition) is 3. The molecule has 0 fully saturated rings. The molecule has 0 saturated carbocycles. The Bertz CT molecular complexity index is 717. The topological polar surface area (TPSA) is 35.0 Å². The average Bonchev–Trinajstić information content (AvgIpc) is 2.51. The lowest BCUT2D eigenvalue weighted by atomic mass is 10.1. The Morgan fingerprint density at radius 1 is 0.667 bits per heavy atom. The van der Waals surface area contributed by atoms with Gasteiger partial charge in [0.15, 0.2) is 0 Å². The lowest BCUT2D eigenvalue weighted by Crippen LogP contribution is -1.92. The molecule has 0 atom stereocenters. The van der Waals surface area contributed by atoms with E-state index in [0.29, 0.717) is 6.01 Å². The van der Waals surface area contributed by atoms with Gasteiger partial charge in [0.25, 0.3) is 0 Å². The molecule has 0 N–H and O–H groups in total. The molecule has 3 aromatic rings. The number of rotatable bonds is 3. The zero-order valence-corrected chi connectivity index (χ0v) is 12.1. The highest BCUT2D eigenvalue weighted by Gasteiger charge is 2.02. The third kappa shape index (κ3) is 3.26. The molecule has 1 heterocycles. The SMILES string of the molecule is Cc1ccc(Oc2ncc(-c3ccc(C)cc3)cn2)cc1. The van der Waals surface area contributed by atoms with E-state index in [0.717, 1.165) is 16.9 Å². The molecule has 2 aromatic carbocycles. The molecule has 0 aliphatic rings. The summed E-state index contributed by atoms with van der Waals surface area (Å²) in [6.45, 7) is 4.11. The third-order valence-corrected chi connectivity index (χ3v) is 3.24. The van der Waals surface area contributed by atoms with Gasteiger partial charge in [0, 0.05) is 18.0 Å². The van der Waals surface area contributed by atoms with Crippen LogP contribution in [0.3, 0.4) is 0 Å². The van der Waals surface area contributed by atoms with E-state index < -0.39 is 0 Å². The molecule has 0 saturated heterocycles. The highest BCUT2D eigenvalue weighted by Crippen LogP contribution is 2.21. The van der Waals surface area contributed by atoms with Crippen LogP contribution in [0.5, 0.6) is 11.8 Å². The van der Waals surface area contributed by atoms with E-state index in [2.05, 4.69) is 41.2 Å². The van der Waals surface area contributed by atoms with Crippen molar-refractivity contribution in [1.29, 1.82) is 0 Å². The minimum Gasteiger partial charge on any atom is -0.424 e. The van der Waals surface area contributed by atoms with Crippen molar-refractivity contribution in [1.82, 2.24) is 9.97 Å². The van der Waals surface area contributed by atoms with Crippen molar-refractivity contribution in [2.45, 2.75) is 13.8 Å². The summed E-state index contributed by atoms with van der Waals surface area (Å²) in [7, 11) is 0. The molecule has 0 spiro atoms. The maximum Gasteiger partial charge on any atom is 0.321 e. The molecule has 0 aliphatic heterocycles. The van der Waals surface area contributed by atoms with Crippen LogP contribution in [0.15, 0.2) is 60.9 Å². The Balaban J connectivity index is 1.77. The first-order valence-electron chi connectivity index (χ1n) is 6.84. The first-order valence-corrected chi connectivity index (χ1v) is 6.84. The molecule has 0 unspecified atom stereocenters. The second-order valence-electron chi connectivity index (χ2n) is 5.04. The predicted molar refractivity (Wildman–Crippen MR) is 83.5 cm³/mol. The van der Waals surface area contributed by atoms with E-state index in [1.807, 2.05) is 31.2 Å². The number of aromatic nitrogens is 2. The Morgan fingerprint density at radius 2 is 1.19 bits per heavy atom. The number of nitrogens with zero attached hydrogens (tertiary/aromatic N) is 2. The summed E-state index contributed by atoms with van der Waals surface area (Å²) in [5.74, 6) is 0.740. The van der Waals surface area contributed by atoms with Crippen LogP contribution in [0.2, 0.25) is 0 Å². The van der Waals surface area contributed by atoms with Crippen molar-refractivity contribution >= 4 is 0 Å². The molecule has 3 heteroatoms. The van der Waals surface area contributed by atoms with E-state index in [4.69, 9.17) is 4.74 Å². The van der Waals surface area contributed by atoms with Gasteiger partial charge in [0.2, 0.25) is 0 Å². The van der Waals surface area contributed by atoms with Crippen LogP contribution in [0.25, 0.3) is 11.1 Å². The molecule has 0 amide bonds. The number of ether oxygens (including phenoxy) is 1. The molecular formula is C18H16N2O. The zero-order chi connectivity index (χ0) is 14.7. The Labute approximate surface area is 124 Å². The van der Waals surface area contributed by atoms with E-state index in [1.54, 1.807) is 12.4 Å². The van der Waals surface area contributed by atoms with Gasteiger partial charge in [0.05, 0.1) is 0 Å². The second kappa shape index (κ2) is 5.75. The molecular weight excluding hydrogens is 260 g/mol. The summed E-state index contributed by atoms with van der Waals surface area (Å²) >= 11 is 0. The van der Waals surface area contributed by atoms with Crippen molar-refractivity contribution < 1.29 is 4.74 Å². The van der Waals surface area contributed by atoms with Crippen LogP contribution in [0.1, 0.15) is 11.1 Å². The number of aryl methyl sites for hydroxylation is 2. The van der Waals surface area contributed by atoms with E-state index in [1.165, 1.54) is 11.1 Å². The van der Waals surface area contributed by atoms with Crippen molar-refractivity contribution in [3.63, 3.8) is 0 Å². The fourth-order valence-electron chi connectivity index (χ4n) is 1.98. The van der Waals surface area contributed by atoms with Crippen LogP contribution in [0.4, 0.5) is 0 Å². The van der Waals surface area contributed by atoms with E-state index >= 15 is 0 Å². The van der Waals surface area contributed by atoms with Gasteiger partial charge in [-0.2, -0.15) is 0 Å². The molecule has 21 heavy (non-hydrogen) atoms.